The first-order valence-corrected chi connectivity index (χ1v) is 11.2. The van der Waals surface area contributed by atoms with Crippen LogP contribution < -0.4 is 0 Å². The molecule has 0 radical (unpaired) electrons. The molecule has 4 aromatic rings. The molecule has 0 nitrogen and oxygen atoms in total. The van der Waals surface area contributed by atoms with Crippen LogP contribution in [0.4, 0.5) is 0 Å². The molecule has 0 spiro atoms. The second-order valence-corrected chi connectivity index (χ2v) is 8.25. The molecular formula is C32H26. The van der Waals surface area contributed by atoms with E-state index in [2.05, 4.69) is 140 Å². The van der Waals surface area contributed by atoms with Crippen LogP contribution in [0.3, 0.4) is 0 Å². The van der Waals surface area contributed by atoms with Crippen molar-refractivity contribution in [2.24, 2.45) is 0 Å². The van der Waals surface area contributed by atoms with Gasteiger partial charge in [-0.25, -0.2) is 0 Å². The summed E-state index contributed by atoms with van der Waals surface area (Å²) in [6.07, 6.45) is 9.02. The molecule has 1 unspecified atom stereocenters. The van der Waals surface area contributed by atoms with Gasteiger partial charge in [0.15, 0.2) is 0 Å². The highest BCUT2D eigenvalue weighted by atomic mass is 14.3. The van der Waals surface area contributed by atoms with E-state index in [1.807, 2.05) is 0 Å². The first-order valence-electron chi connectivity index (χ1n) is 11.2. The summed E-state index contributed by atoms with van der Waals surface area (Å²) >= 11 is 0. The minimum absolute atomic E-state index is 0.247. The van der Waals surface area contributed by atoms with Gasteiger partial charge in [-0.1, -0.05) is 139 Å². The molecule has 0 saturated heterocycles. The maximum atomic E-state index is 2.38. The van der Waals surface area contributed by atoms with Crippen LogP contribution in [0.5, 0.6) is 0 Å². The quantitative estimate of drug-likeness (QED) is 0.289. The molecule has 0 heterocycles. The molecule has 0 aromatic heterocycles. The van der Waals surface area contributed by atoms with E-state index in [9.17, 15) is 0 Å². The van der Waals surface area contributed by atoms with Gasteiger partial charge in [-0.05, 0) is 45.9 Å². The monoisotopic (exact) mass is 410 g/mol. The van der Waals surface area contributed by atoms with E-state index >= 15 is 0 Å². The Hall–Kier alpha value is -3.90. The Balaban J connectivity index is 1.60. The SMILES string of the molecule is CC1=Cc2c(-c3ccccc3)cccc2C1C(=CC=Cc1ccccc1)c1ccccc1. The zero-order valence-corrected chi connectivity index (χ0v) is 18.3. The summed E-state index contributed by atoms with van der Waals surface area (Å²) in [4.78, 5) is 0. The van der Waals surface area contributed by atoms with Gasteiger partial charge in [0, 0.05) is 5.92 Å². The average molecular weight is 411 g/mol. The highest BCUT2D eigenvalue weighted by molar-refractivity contribution is 5.88. The second kappa shape index (κ2) is 9.08. The van der Waals surface area contributed by atoms with Crippen LogP contribution in [0.1, 0.15) is 35.1 Å². The van der Waals surface area contributed by atoms with Crippen LogP contribution in [0, 0.1) is 0 Å². The molecule has 1 atom stereocenters. The van der Waals surface area contributed by atoms with Gasteiger partial charge < -0.3 is 0 Å². The van der Waals surface area contributed by atoms with Gasteiger partial charge in [-0.3, -0.25) is 0 Å². The van der Waals surface area contributed by atoms with Crippen LogP contribution in [0.15, 0.2) is 127 Å². The number of benzene rings is 4. The van der Waals surface area contributed by atoms with Crippen molar-refractivity contribution < 1.29 is 0 Å². The minimum atomic E-state index is 0.247. The van der Waals surface area contributed by atoms with E-state index < -0.39 is 0 Å². The lowest BCUT2D eigenvalue weighted by Crippen LogP contribution is -2.01. The number of rotatable bonds is 5. The number of allylic oxidation sites excluding steroid dienone is 4. The maximum absolute atomic E-state index is 2.38. The maximum Gasteiger partial charge on any atom is 0.0311 e. The van der Waals surface area contributed by atoms with Gasteiger partial charge in [0.2, 0.25) is 0 Å². The molecule has 1 aliphatic rings. The predicted molar refractivity (Wildman–Crippen MR) is 138 cm³/mol. The van der Waals surface area contributed by atoms with Crippen LogP contribution in [-0.2, 0) is 0 Å². The molecule has 0 amide bonds. The smallest absolute Gasteiger partial charge is 0.0311 e. The van der Waals surface area contributed by atoms with E-state index in [1.165, 1.54) is 44.5 Å². The van der Waals surface area contributed by atoms with Crippen LogP contribution in [-0.4, -0.2) is 0 Å². The van der Waals surface area contributed by atoms with E-state index in [0.717, 1.165) is 0 Å². The topological polar surface area (TPSA) is 0 Å². The lowest BCUT2D eigenvalue weighted by atomic mass is 9.83. The molecule has 4 aromatic carbocycles. The van der Waals surface area contributed by atoms with E-state index in [0.29, 0.717) is 0 Å². The first-order chi connectivity index (χ1) is 15.8. The fourth-order valence-electron chi connectivity index (χ4n) is 4.65. The standard InChI is InChI=1S/C32H26/c1-24-23-31-28(26-16-7-3-8-17-26)20-12-22-30(31)32(24)29(27-18-9-4-10-19-27)21-11-15-25-13-5-2-6-14-25/h2-23,32H,1H3. The fourth-order valence-corrected chi connectivity index (χ4v) is 4.65. The largest absolute Gasteiger partial charge is 0.0622 e. The van der Waals surface area contributed by atoms with Crippen molar-refractivity contribution in [3.63, 3.8) is 0 Å². The minimum Gasteiger partial charge on any atom is -0.0622 e. The summed E-state index contributed by atoms with van der Waals surface area (Å²) < 4.78 is 0. The van der Waals surface area contributed by atoms with Crippen molar-refractivity contribution in [2.75, 3.05) is 0 Å². The Bertz CT molecular complexity index is 1290. The van der Waals surface area contributed by atoms with Gasteiger partial charge in [0.05, 0.1) is 0 Å². The molecule has 154 valence electrons. The Kier molecular flexibility index (Phi) is 5.68. The van der Waals surface area contributed by atoms with Crippen LogP contribution in [0.2, 0.25) is 0 Å². The molecule has 5 rings (SSSR count). The fraction of sp³-hybridized carbons (Fsp3) is 0.0625. The summed E-state index contributed by atoms with van der Waals surface area (Å²) in [6, 6.07) is 38.7. The van der Waals surface area contributed by atoms with Crippen molar-refractivity contribution in [1.82, 2.24) is 0 Å². The van der Waals surface area contributed by atoms with E-state index in [1.54, 1.807) is 0 Å². The molecule has 0 heteroatoms. The van der Waals surface area contributed by atoms with Gasteiger partial charge >= 0.3 is 0 Å². The average Bonchev–Trinajstić information content (AvgIpc) is 3.19. The van der Waals surface area contributed by atoms with Crippen molar-refractivity contribution in [1.29, 1.82) is 0 Å². The number of fused-ring (bicyclic) bond motifs is 1. The van der Waals surface area contributed by atoms with Crippen molar-refractivity contribution in [2.45, 2.75) is 12.8 Å². The summed E-state index contributed by atoms with van der Waals surface area (Å²) in [5, 5.41) is 0. The van der Waals surface area contributed by atoms with Crippen molar-refractivity contribution >= 4 is 17.7 Å². The molecule has 32 heavy (non-hydrogen) atoms. The number of hydrogen-bond donors (Lipinski definition) is 0. The van der Waals surface area contributed by atoms with E-state index in [4.69, 9.17) is 0 Å². The highest BCUT2D eigenvalue weighted by Gasteiger charge is 2.28. The number of hydrogen-bond acceptors (Lipinski definition) is 0. The summed E-state index contributed by atoms with van der Waals surface area (Å²) in [5.41, 5.74) is 10.5. The second-order valence-electron chi connectivity index (χ2n) is 8.25. The third-order valence-electron chi connectivity index (χ3n) is 6.15. The Morgan fingerprint density at radius 2 is 1.34 bits per heavy atom. The normalized spacial score (nSPS) is 15.6. The molecule has 0 aliphatic heterocycles. The Morgan fingerprint density at radius 3 is 2.06 bits per heavy atom. The van der Waals surface area contributed by atoms with Gasteiger partial charge in [0.25, 0.3) is 0 Å². The van der Waals surface area contributed by atoms with Crippen molar-refractivity contribution in [3.05, 3.63) is 149 Å². The molecule has 1 aliphatic carbocycles. The van der Waals surface area contributed by atoms with Crippen LogP contribution >= 0.6 is 0 Å². The summed E-state index contributed by atoms with van der Waals surface area (Å²) in [6.45, 7) is 2.26. The molecule has 0 saturated carbocycles. The molecule has 0 fully saturated rings. The summed E-state index contributed by atoms with van der Waals surface area (Å²) in [5.74, 6) is 0.247. The third kappa shape index (κ3) is 4.00. The third-order valence-corrected chi connectivity index (χ3v) is 6.15. The van der Waals surface area contributed by atoms with Gasteiger partial charge in [-0.2, -0.15) is 0 Å². The Morgan fingerprint density at radius 1 is 0.688 bits per heavy atom. The highest BCUT2D eigenvalue weighted by Crippen LogP contribution is 2.47. The van der Waals surface area contributed by atoms with Crippen LogP contribution in [0.25, 0.3) is 28.9 Å². The molecular weight excluding hydrogens is 384 g/mol. The van der Waals surface area contributed by atoms with Crippen molar-refractivity contribution in [3.8, 4) is 11.1 Å². The predicted octanol–water partition coefficient (Wildman–Crippen LogP) is 8.65. The zero-order valence-electron chi connectivity index (χ0n) is 18.3. The lowest BCUT2D eigenvalue weighted by Gasteiger charge is -2.20. The van der Waals surface area contributed by atoms with Gasteiger partial charge in [-0.15, -0.1) is 0 Å². The Labute approximate surface area is 190 Å². The first kappa shape index (κ1) is 20.0. The molecule has 0 bridgehead atoms. The van der Waals surface area contributed by atoms with Gasteiger partial charge in [0.1, 0.15) is 0 Å². The lowest BCUT2D eigenvalue weighted by molar-refractivity contribution is 1.05. The zero-order chi connectivity index (χ0) is 21.8. The van der Waals surface area contributed by atoms with E-state index in [-0.39, 0.29) is 5.92 Å². The summed E-state index contributed by atoms with van der Waals surface area (Å²) in [7, 11) is 0. The molecule has 0 N–H and O–H groups in total.